The van der Waals surface area contributed by atoms with Crippen LogP contribution in [0.2, 0.25) is 0 Å². The molecule has 0 unspecified atom stereocenters. The number of aryl methyl sites for hydroxylation is 2. The lowest BCUT2D eigenvalue weighted by molar-refractivity contribution is 0.100. The standard InChI is InChI=1S/C21H20N2O/c22-21(24)18-8-10-20-17(13-18)7-9-19(23-20)12-14-5-6-15-3-1-2-4-16(15)11-14/h5-11,13H,1-4,12H2,(H2,22,24). The maximum atomic E-state index is 11.3. The van der Waals surface area contributed by atoms with Gasteiger partial charge in [0.05, 0.1) is 5.52 Å². The Morgan fingerprint density at radius 3 is 2.62 bits per heavy atom. The van der Waals surface area contributed by atoms with E-state index in [0.717, 1.165) is 23.0 Å². The molecule has 0 saturated heterocycles. The first kappa shape index (κ1) is 14.9. The average molecular weight is 316 g/mol. The van der Waals surface area contributed by atoms with E-state index in [-0.39, 0.29) is 0 Å². The third-order valence-corrected chi connectivity index (χ3v) is 4.83. The molecule has 0 radical (unpaired) electrons. The van der Waals surface area contributed by atoms with Crippen molar-refractivity contribution >= 4 is 16.8 Å². The second kappa shape index (κ2) is 6.08. The van der Waals surface area contributed by atoms with Gasteiger partial charge in [0, 0.05) is 23.1 Å². The van der Waals surface area contributed by atoms with E-state index in [1.165, 1.54) is 42.4 Å². The monoisotopic (exact) mass is 316 g/mol. The molecule has 0 bridgehead atoms. The van der Waals surface area contributed by atoms with Gasteiger partial charge in [-0.05, 0) is 66.6 Å². The number of hydrogen-bond donors (Lipinski definition) is 1. The molecule has 0 atom stereocenters. The van der Waals surface area contributed by atoms with Crippen LogP contribution in [0.25, 0.3) is 10.9 Å². The maximum absolute atomic E-state index is 11.3. The number of primary amides is 1. The Kier molecular flexibility index (Phi) is 3.77. The molecular weight excluding hydrogens is 296 g/mol. The molecule has 3 nitrogen and oxygen atoms in total. The molecule has 0 fully saturated rings. The number of carbonyl (C=O) groups excluding carboxylic acids is 1. The fraction of sp³-hybridized carbons (Fsp3) is 0.238. The second-order valence-corrected chi connectivity index (χ2v) is 6.56. The van der Waals surface area contributed by atoms with Crippen molar-refractivity contribution in [1.29, 1.82) is 0 Å². The van der Waals surface area contributed by atoms with Crippen LogP contribution in [0.1, 0.15) is 45.6 Å². The van der Waals surface area contributed by atoms with E-state index in [2.05, 4.69) is 18.2 Å². The Labute approximate surface area is 141 Å². The van der Waals surface area contributed by atoms with Gasteiger partial charge in [-0.1, -0.05) is 24.3 Å². The van der Waals surface area contributed by atoms with Gasteiger partial charge < -0.3 is 5.73 Å². The number of carbonyl (C=O) groups is 1. The molecule has 24 heavy (non-hydrogen) atoms. The number of pyridine rings is 1. The first-order chi connectivity index (χ1) is 11.7. The molecule has 2 N–H and O–H groups in total. The minimum Gasteiger partial charge on any atom is -0.366 e. The minimum atomic E-state index is -0.407. The van der Waals surface area contributed by atoms with Crippen molar-refractivity contribution in [2.45, 2.75) is 32.1 Å². The summed E-state index contributed by atoms with van der Waals surface area (Å²) < 4.78 is 0. The van der Waals surface area contributed by atoms with Crippen LogP contribution in [0.4, 0.5) is 0 Å². The van der Waals surface area contributed by atoms with Crippen molar-refractivity contribution in [1.82, 2.24) is 4.98 Å². The molecule has 1 heterocycles. The fourth-order valence-corrected chi connectivity index (χ4v) is 3.53. The van der Waals surface area contributed by atoms with Gasteiger partial charge in [0.15, 0.2) is 0 Å². The molecule has 120 valence electrons. The minimum absolute atomic E-state index is 0.407. The molecule has 1 aliphatic rings. The van der Waals surface area contributed by atoms with Gasteiger partial charge in [-0.3, -0.25) is 9.78 Å². The molecule has 3 heteroatoms. The highest BCUT2D eigenvalue weighted by molar-refractivity contribution is 5.96. The zero-order valence-corrected chi connectivity index (χ0v) is 13.6. The van der Waals surface area contributed by atoms with Crippen molar-refractivity contribution in [2.75, 3.05) is 0 Å². The number of nitrogens with zero attached hydrogens (tertiary/aromatic N) is 1. The van der Waals surface area contributed by atoms with E-state index in [0.29, 0.717) is 5.56 Å². The quantitative estimate of drug-likeness (QED) is 0.799. The summed E-state index contributed by atoms with van der Waals surface area (Å²) in [7, 11) is 0. The highest BCUT2D eigenvalue weighted by atomic mass is 16.1. The van der Waals surface area contributed by atoms with Crippen molar-refractivity contribution in [2.24, 2.45) is 5.73 Å². The third kappa shape index (κ3) is 2.90. The number of aromatic nitrogens is 1. The molecular formula is C21H20N2O. The first-order valence-corrected chi connectivity index (χ1v) is 8.49. The van der Waals surface area contributed by atoms with E-state index < -0.39 is 5.91 Å². The Balaban J connectivity index is 1.62. The predicted molar refractivity (Wildman–Crippen MR) is 96.2 cm³/mol. The molecule has 0 spiro atoms. The van der Waals surface area contributed by atoms with Crippen LogP contribution in [-0.2, 0) is 19.3 Å². The first-order valence-electron chi connectivity index (χ1n) is 8.49. The number of benzene rings is 2. The average Bonchev–Trinajstić information content (AvgIpc) is 2.61. The molecule has 4 rings (SSSR count). The summed E-state index contributed by atoms with van der Waals surface area (Å²) in [5.41, 5.74) is 12.1. The number of nitrogens with two attached hydrogens (primary N) is 1. The summed E-state index contributed by atoms with van der Waals surface area (Å²) in [5.74, 6) is -0.407. The highest BCUT2D eigenvalue weighted by Gasteiger charge is 2.10. The maximum Gasteiger partial charge on any atom is 0.248 e. The van der Waals surface area contributed by atoms with Crippen molar-refractivity contribution in [3.8, 4) is 0 Å². The summed E-state index contributed by atoms with van der Waals surface area (Å²) in [5, 5.41) is 0.945. The van der Waals surface area contributed by atoms with Crippen LogP contribution in [-0.4, -0.2) is 10.9 Å². The van der Waals surface area contributed by atoms with Gasteiger partial charge in [0.2, 0.25) is 5.91 Å². The van der Waals surface area contributed by atoms with Crippen LogP contribution in [0.5, 0.6) is 0 Å². The molecule has 1 aromatic heterocycles. The molecule has 0 aliphatic heterocycles. The van der Waals surface area contributed by atoms with Crippen LogP contribution < -0.4 is 5.73 Å². The largest absolute Gasteiger partial charge is 0.366 e. The highest BCUT2D eigenvalue weighted by Crippen LogP contribution is 2.23. The van der Waals surface area contributed by atoms with Gasteiger partial charge >= 0.3 is 0 Å². The zero-order chi connectivity index (χ0) is 16.5. The number of hydrogen-bond acceptors (Lipinski definition) is 2. The smallest absolute Gasteiger partial charge is 0.248 e. The lowest BCUT2D eigenvalue weighted by atomic mass is 9.89. The Bertz CT molecular complexity index is 930. The summed E-state index contributed by atoms with van der Waals surface area (Å²) in [6.07, 6.45) is 5.86. The van der Waals surface area contributed by atoms with E-state index in [4.69, 9.17) is 10.7 Å². The number of rotatable bonds is 3. The Morgan fingerprint density at radius 2 is 1.79 bits per heavy atom. The van der Waals surface area contributed by atoms with Gasteiger partial charge in [0.1, 0.15) is 0 Å². The van der Waals surface area contributed by atoms with Crippen LogP contribution in [0.3, 0.4) is 0 Å². The molecule has 0 saturated carbocycles. The number of fused-ring (bicyclic) bond motifs is 2. The van der Waals surface area contributed by atoms with E-state index in [9.17, 15) is 4.79 Å². The molecule has 1 aliphatic carbocycles. The summed E-state index contributed by atoms with van der Waals surface area (Å²) in [6, 6.07) is 16.3. The van der Waals surface area contributed by atoms with Crippen molar-refractivity contribution in [3.05, 3.63) is 76.5 Å². The molecule has 3 aromatic rings. The van der Waals surface area contributed by atoms with Crippen LogP contribution >= 0.6 is 0 Å². The normalized spacial score (nSPS) is 13.7. The Morgan fingerprint density at radius 1 is 0.958 bits per heavy atom. The van der Waals surface area contributed by atoms with Crippen molar-refractivity contribution < 1.29 is 4.79 Å². The van der Waals surface area contributed by atoms with Crippen molar-refractivity contribution in [3.63, 3.8) is 0 Å². The molecule has 1 amide bonds. The van der Waals surface area contributed by atoms with Gasteiger partial charge in [-0.15, -0.1) is 0 Å². The summed E-state index contributed by atoms with van der Waals surface area (Å²) in [6.45, 7) is 0. The summed E-state index contributed by atoms with van der Waals surface area (Å²) >= 11 is 0. The fourth-order valence-electron chi connectivity index (χ4n) is 3.53. The lowest BCUT2D eigenvalue weighted by Gasteiger charge is -2.16. The van der Waals surface area contributed by atoms with Gasteiger partial charge in [-0.25, -0.2) is 0 Å². The molecule has 2 aromatic carbocycles. The SMILES string of the molecule is NC(=O)c1ccc2nc(Cc3ccc4c(c3)CCCC4)ccc2c1. The van der Waals surface area contributed by atoms with E-state index in [1.54, 1.807) is 12.1 Å². The number of amides is 1. The predicted octanol–water partition coefficient (Wildman–Crippen LogP) is 3.80. The Hall–Kier alpha value is -2.68. The van der Waals surface area contributed by atoms with Crippen LogP contribution in [0.15, 0.2) is 48.5 Å². The second-order valence-electron chi connectivity index (χ2n) is 6.56. The van der Waals surface area contributed by atoms with E-state index >= 15 is 0 Å². The van der Waals surface area contributed by atoms with Gasteiger partial charge in [0.25, 0.3) is 0 Å². The topological polar surface area (TPSA) is 56.0 Å². The van der Waals surface area contributed by atoms with Gasteiger partial charge in [-0.2, -0.15) is 0 Å². The summed E-state index contributed by atoms with van der Waals surface area (Å²) in [4.78, 5) is 16.0. The van der Waals surface area contributed by atoms with E-state index in [1.807, 2.05) is 18.2 Å². The third-order valence-electron chi connectivity index (χ3n) is 4.83. The zero-order valence-electron chi connectivity index (χ0n) is 13.6. The lowest BCUT2D eigenvalue weighted by Crippen LogP contribution is -2.10. The van der Waals surface area contributed by atoms with Crippen LogP contribution in [0, 0.1) is 0 Å².